The number of nitrogens with one attached hydrogen (secondary N) is 1. The fourth-order valence-corrected chi connectivity index (χ4v) is 2.53. The molecular formula is C17H23B2N3O3. The maximum atomic E-state index is 6.12. The quantitative estimate of drug-likeness (QED) is 0.838. The van der Waals surface area contributed by atoms with Gasteiger partial charge in [0.25, 0.3) is 0 Å². The number of aromatic nitrogens is 2. The summed E-state index contributed by atoms with van der Waals surface area (Å²) in [6, 6.07) is 7.96. The van der Waals surface area contributed by atoms with Crippen LogP contribution >= 0.6 is 0 Å². The van der Waals surface area contributed by atoms with Crippen LogP contribution in [-0.2, 0) is 14.0 Å². The molecule has 0 saturated carbocycles. The smallest absolute Gasteiger partial charge is 0.422 e. The summed E-state index contributed by atoms with van der Waals surface area (Å²) in [5, 5.41) is 3.06. The Kier molecular flexibility index (Phi) is 4.86. The first-order valence-electron chi connectivity index (χ1n) is 8.33. The summed E-state index contributed by atoms with van der Waals surface area (Å²) in [6.45, 7) is 8.19. The van der Waals surface area contributed by atoms with Crippen molar-refractivity contribution in [3.63, 3.8) is 0 Å². The minimum atomic E-state index is -0.396. The molecule has 1 fully saturated rings. The molecule has 0 aliphatic carbocycles. The molecule has 0 amide bonds. The van der Waals surface area contributed by atoms with Gasteiger partial charge in [-0.3, -0.25) is 0 Å². The highest BCUT2D eigenvalue weighted by atomic mass is 16.7. The minimum absolute atomic E-state index is 0.362. The molecule has 6 nitrogen and oxygen atoms in total. The number of nitrogens with zero attached hydrogens (tertiary/aromatic N) is 2. The second kappa shape index (κ2) is 6.78. The van der Waals surface area contributed by atoms with Crippen molar-refractivity contribution in [3.05, 3.63) is 36.7 Å². The van der Waals surface area contributed by atoms with Crippen molar-refractivity contribution in [1.82, 2.24) is 9.97 Å². The van der Waals surface area contributed by atoms with Crippen molar-refractivity contribution < 1.29 is 14.0 Å². The van der Waals surface area contributed by atoms with Gasteiger partial charge in [0.1, 0.15) is 0 Å². The molecule has 1 N–H and O–H groups in total. The first-order valence-corrected chi connectivity index (χ1v) is 8.33. The van der Waals surface area contributed by atoms with Crippen LogP contribution in [0.1, 0.15) is 27.7 Å². The van der Waals surface area contributed by atoms with E-state index >= 15 is 0 Å². The van der Waals surface area contributed by atoms with Gasteiger partial charge in [-0.25, -0.2) is 9.97 Å². The van der Waals surface area contributed by atoms with Crippen molar-refractivity contribution in [2.45, 2.75) is 38.9 Å². The molecule has 0 unspecified atom stereocenters. The Balaban J connectivity index is 1.80. The van der Waals surface area contributed by atoms with Gasteiger partial charge in [0.2, 0.25) is 0 Å². The first kappa shape index (κ1) is 17.9. The molecule has 0 bridgehead atoms. The fraction of sp³-hybridized carbons (Fsp3) is 0.412. The van der Waals surface area contributed by atoms with Crippen LogP contribution < -0.4 is 10.7 Å². The maximum absolute atomic E-state index is 6.12. The highest BCUT2D eigenvalue weighted by molar-refractivity contribution is 6.62. The fourth-order valence-electron chi connectivity index (χ4n) is 2.53. The Morgan fingerprint density at radius 1 is 1.08 bits per heavy atom. The molecule has 0 radical (unpaired) electrons. The van der Waals surface area contributed by atoms with Crippen molar-refractivity contribution in [2.75, 3.05) is 12.3 Å². The lowest BCUT2D eigenvalue weighted by atomic mass is 9.78. The van der Waals surface area contributed by atoms with Crippen LogP contribution in [0.2, 0.25) is 0 Å². The largest absolute Gasteiger partial charge is 0.494 e. The molecule has 2 heterocycles. The SMILES string of the molecule is COBNc1cnc(-c2cccc(B3OC(C)(C)C(C)(C)O3)c2)nc1. The summed E-state index contributed by atoms with van der Waals surface area (Å²) >= 11 is 0. The summed E-state index contributed by atoms with van der Waals surface area (Å²) < 4.78 is 17.2. The lowest BCUT2D eigenvalue weighted by Gasteiger charge is -2.32. The molecular weight excluding hydrogens is 316 g/mol. The number of hydrogen-bond donors (Lipinski definition) is 1. The summed E-state index contributed by atoms with van der Waals surface area (Å²) in [5.74, 6) is 0.654. The molecule has 1 saturated heterocycles. The van der Waals surface area contributed by atoms with E-state index in [1.807, 2.05) is 52.0 Å². The molecule has 8 heteroatoms. The predicted octanol–water partition coefficient (Wildman–Crippen LogP) is 1.77. The van der Waals surface area contributed by atoms with E-state index in [2.05, 4.69) is 15.2 Å². The Hall–Kier alpha value is -1.89. The van der Waals surface area contributed by atoms with Crippen LogP contribution in [0.4, 0.5) is 5.69 Å². The van der Waals surface area contributed by atoms with Crippen molar-refractivity contribution in [3.8, 4) is 11.4 Å². The summed E-state index contributed by atoms with van der Waals surface area (Å²) in [6.07, 6.45) is 3.48. The van der Waals surface area contributed by atoms with Crippen molar-refractivity contribution in [2.24, 2.45) is 0 Å². The normalized spacial score (nSPS) is 18.2. The summed E-state index contributed by atoms with van der Waals surface area (Å²) in [7, 11) is 1.65. The number of rotatable bonds is 5. The second-order valence-electron chi connectivity index (χ2n) is 7.12. The molecule has 0 atom stereocenters. The lowest BCUT2D eigenvalue weighted by molar-refractivity contribution is 0.00578. The van der Waals surface area contributed by atoms with E-state index in [9.17, 15) is 0 Å². The van der Waals surface area contributed by atoms with Gasteiger partial charge < -0.3 is 19.2 Å². The third-order valence-corrected chi connectivity index (χ3v) is 4.74. The molecule has 2 aromatic rings. The van der Waals surface area contributed by atoms with Crippen LogP contribution in [-0.4, -0.2) is 43.0 Å². The average molecular weight is 339 g/mol. The van der Waals surface area contributed by atoms with Crippen LogP contribution in [0.15, 0.2) is 36.7 Å². The molecule has 130 valence electrons. The van der Waals surface area contributed by atoms with E-state index in [1.54, 1.807) is 19.5 Å². The molecule has 25 heavy (non-hydrogen) atoms. The van der Waals surface area contributed by atoms with E-state index in [0.29, 0.717) is 13.4 Å². The van der Waals surface area contributed by atoms with Crippen LogP contribution in [0, 0.1) is 0 Å². The van der Waals surface area contributed by atoms with Crippen molar-refractivity contribution in [1.29, 1.82) is 0 Å². The first-order chi connectivity index (χ1) is 11.8. The third kappa shape index (κ3) is 3.71. The molecule has 1 aromatic carbocycles. The number of anilines is 1. The zero-order chi connectivity index (χ0) is 18.1. The second-order valence-corrected chi connectivity index (χ2v) is 7.12. The Labute approximate surface area is 149 Å². The predicted molar refractivity (Wildman–Crippen MR) is 101 cm³/mol. The van der Waals surface area contributed by atoms with Crippen LogP contribution in [0.5, 0.6) is 0 Å². The van der Waals surface area contributed by atoms with Gasteiger partial charge in [-0.2, -0.15) is 0 Å². The zero-order valence-electron chi connectivity index (χ0n) is 15.4. The molecule has 1 aliphatic heterocycles. The average Bonchev–Trinajstić information content (AvgIpc) is 2.81. The molecule has 1 aromatic heterocycles. The lowest BCUT2D eigenvalue weighted by Crippen LogP contribution is -2.41. The number of hydrogen-bond acceptors (Lipinski definition) is 6. The number of benzene rings is 1. The Bertz CT molecular complexity index is 722. The highest BCUT2D eigenvalue weighted by Crippen LogP contribution is 2.36. The molecule has 1 aliphatic rings. The van der Waals surface area contributed by atoms with E-state index in [-0.39, 0.29) is 11.2 Å². The zero-order valence-corrected chi connectivity index (χ0v) is 15.4. The van der Waals surface area contributed by atoms with Gasteiger partial charge in [-0.15, -0.1) is 0 Å². The van der Waals surface area contributed by atoms with Gasteiger partial charge >= 0.3 is 14.7 Å². The van der Waals surface area contributed by atoms with E-state index in [0.717, 1.165) is 16.7 Å². The van der Waals surface area contributed by atoms with E-state index in [1.165, 1.54) is 0 Å². The monoisotopic (exact) mass is 339 g/mol. The summed E-state index contributed by atoms with van der Waals surface area (Å²) in [4.78, 5) is 8.83. The van der Waals surface area contributed by atoms with Crippen LogP contribution in [0.25, 0.3) is 11.4 Å². The highest BCUT2D eigenvalue weighted by Gasteiger charge is 2.51. The standard InChI is InChI=1S/C17H23B2N3O3/c1-16(2)17(3,4)25-19(24-16)13-8-6-7-12(9-13)15-20-10-14(11-21-15)22-18-23-5/h6-11,18,22H,1-5H3. The van der Waals surface area contributed by atoms with Gasteiger partial charge in [0.15, 0.2) is 5.82 Å². The molecule has 3 rings (SSSR count). The van der Waals surface area contributed by atoms with Gasteiger partial charge in [0.05, 0.1) is 29.3 Å². The third-order valence-electron chi connectivity index (χ3n) is 4.74. The van der Waals surface area contributed by atoms with Gasteiger partial charge in [0, 0.05) is 12.7 Å². The van der Waals surface area contributed by atoms with Crippen molar-refractivity contribution >= 4 is 25.9 Å². The Morgan fingerprint density at radius 3 is 2.32 bits per heavy atom. The maximum Gasteiger partial charge on any atom is 0.494 e. The molecule has 0 spiro atoms. The van der Waals surface area contributed by atoms with E-state index in [4.69, 9.17) is 14.0 Å². The Morgan fingerprint density at radius 2 is 1.72 bits per heavy atom. The minimum Gasteiger partial charge on any atom is -0.422 e. The van der Waals surface area contributed by atoms with Crippen LogP contribution in [0.3, 0.4) is 0 Å². The van der Waals surface area contributed by atoms with Gasteiger partial charge in [-0.05, 0) is 33.2 Å². The topological polar surface area (TPSA) is 65.5 Å². The summed E-state index contributed by atoms with van der Waals surface area (Å²) in [5.41, 5.74) is 1.97. The van der Waals surface area contributed by atoms with E-state index < -0.39 is 7.12 Å². The van der Waals surface area contributed by atoms with Gasteiger partial charge in [-0.1, -0.05) is 24.3 Å².